The molecule has 0 N–H and O–H groups in total. The normalized spacial score (nSPS) is 19.1. The van der Waals surface area contributed by atoms with E-state index in [0.717, 1.165) is 18.0 Å². The molecule has 194 valence electrons. The quantitative estimate of drug-likeness (QED) is 0.225. The monoisotopic (exact) mass is 478 g/mol. The molecule has 1 aromatic carbocycles. The summed E-state index contributed by atoms with van der Waals surface area (Å²) in [6, 6.07) is 8.69. The maximum Gasteiger partial charge on any atom is 0.116 e. The van der Waals surface area contributed by atoms with Crippen molar-refractivity contribution >= 4 is 0 Å². The number of ether oxygens (including phenoxy) is 1. The second-order valence-electron chi connectivity index (χ2n) is 10.9. The van der Waals surface area contributed by atoms with Crippen molar-refractivity contribution in [3.05, 3.63) is 47.9 Å². The molecule has 1 saturated carbocycles. The Morgan fingerprint density at radius 3 is 2.37 bits per heavy atom. The molecule has 0 bridgehead atoms. The number of benzene rings is 1. The highest BCUT2D eigenvalue weighted by atomic mass is 16.5. The molecule has 1 atom stereocenters. The topological polar surface area (TPSA) is 35.0 Å². The maximum atomic E-state index is 6.29. The van der Waals surface area contributed by atoms with Gasteiger partial charge in [-0.05, 0) is 62.0 Å². The van der Waals surface area contributed by atoms with Crippen molar-refractivity contribution in [1.29, 1.82) is 0 Å². The Balaban J connectivity index is 1.58. The highest BCUT2D eigenvalue weighted by Crippen LogP contribution is 2.41. The van der Waals surface area contributed by atoms with Crippen LogP contribution in [0.3, 0.4) is 0 Å². The Morgan fingerprint density at radius 2 is 1.60 bits per heavy atom. The van der Waals surface area contributed by atoms with E-state index in [4.69, 9.17) is 9.72 Å². The largest absolute Gasteiger partial charge is 0.374 e. The number of hydrogen-bond donors (Lipinski definition) is 0. The molecule has 35 heavy (non-hydrogen) atoms. The van der Waals surface area contributed by atoms with E-state index in [0.29, 0.717) is 18.6 Å². The molecular weight excluding hydrogens is 428 g/mol. The van der Waals surface area contributed by atoms with Crippen molar-refractivity contribution in [2.24, 2.45) is 5.92 Å². The van der Waals surface area contributed by atoms with E-state index in [1.807, 2.05) is 0 Å². The first-order chi connectivity index (χ1) is 17.2. The van der Waals surface area contributed by atoms with Crippen LogP contribution >= 0.6 is 0 Å². The molecule has 1 aromatic heterocycles. The van der Waals surface area contributed by atoms with Crippen LogP contribution in [0.2, 0.25) is 0 Å². The molecular formula is C32H50N2O. The Hall–Kier alpha value is -1.74. The molecule has 0 radical (unpaired) electrons. The first-order valence-electron chi connectivity index (χ1n) is 14.7. The molecule has 3 rings (SSSR count). The van der Waals surface area contributed by atoms with Crippen molar-refractivity contribution in [1.82, 2.24) is 9.97 Å². The number of unbranched alkanes of at least 4 members (excludes halogenated alkanes) is 7. The summed E-state index contributed by atoms with van der Waals surface area (Å²) in [4.78, 5) is 9.27. The lowest BCUT2D eigenvalue weighted by Crippen LogP contribution is -2.15. The van der Waals surface area contributed by atoms with Crippen LogP contribution in [0.5, 0.6) is 0 Å². The Labute approximate surface area is 215 Å². The first-order valence-corrected chi connectivity index (χ1v) is 14.7. The first kappa shape index (κ1) is 27.8. The zero-order valence-corrected chi connectivity index (χ0v) is 22.8. The zero-order valence-electron chi connectivity index (χ0n) is 22.8. The highest BCUT2D eigenvalue weighted by molar-refractivity contribution is 5.67. The predicted octanol–water partition coefficient (Wildman–Crippen LogP) is 9.65. The summed E-state index contributed by atoms with van der Waals surface area (Å²) in [7, 11) is 0. The third kappa shape index (κ3) is 9.33. The van der Waals surface area contributed by atoms with Gasteiger partial charge in [0.05, 0.1) is 18.4 Å². The summed E-state index contributed by atoms with van der Waals surface area (Å²) in [5.41, 5.74) is 4.93. The number of aromatic nitrogens is 2. The van der Waals surface area contributed by atoms with Gasteiger partial charge in [-0.3, -0.25) is 0 Å². The van der Waals surface area contributed by atoms with E-state index in [1.165, 1.54) is 107 Å². The van der Waals surface area contributed by atoms with Gasteiger partial charge < -0.3 is 4.74 Å². The molecule has 1 heterocycles. The second kappa shape index (κ2) is 16.1. The minimum absolute atomic E-state index is 0.294. The molecule has 0 spiro atoms. The van der Waals surface area contributed by atoms with Gasteiger partial charge in [0.25, 0.3) is 0 Å². The van der Waals surface area contributed by atoms with Gasteiger partial charge in [0.2, 0.25) is 0 Å². The summed E-state index contributed by atoms with van der Waals surface area (Å²) < 4.78 is 6.29. The van der Waals surface area contributed by atoms with E-state index in [-0.39, 0.29) is 0 Å². The van der Waals surface area contributed by atoms with Crippen LogP contribution in [-0.4, -0.2) is 16.1 Å². The third-order valence-electron chi connectivity index (χ3n) is 8.00. The van der Waals surface area contributed by atoms with Crippen molar-refractivity contribution < 1.29 is 4.74 Å². The summed E-state index contributed by atoms with van der Waals surface area (Å²) in [6.45, 7) is 7.43. The number of rotatable bonds is 16. The molecule has 1 aliphatic carbocycles. The van der Waals surface area contributed by atoms with E-state index >= 15 is 0 Å². The molecule has 0 aliphatic heterocycles. The Morgan fingerprint density at radius 1 is 0.886 bits per heavy atom. The average molecular weight is 479 g/mol. The standard InChI is InChI=1S/C32H50N2O/c1-4-6-8-10-12-16-27-19-21-28(22-20-27)31-23-33-25-34-32(31)30-18-14-13-17-29(30)24-35-26(3)15-11-9-7-5-2/h13-14,17-18,23,25-28H,4-12,15-16,19-22,24H2,1-3H3. The lowest BCUT2D eigenvalue weighted by molar-refractivity contribution is 0.0461. The van der Waals surface area contributed by atoms with Gasteiger partial charge in [0, 0.05) is 11.8 Å². The molecule has 3 heteroatoms. The van der Waals surface area contributed by atoms with Gasteiger partial charge in [-0.25, -0.2) is 9.97 Å². The number of hydrogen-bond acceptors (Lipinski definition) is 3. The van der Waals surface area contributed by atoms with Gasteiger partial charge in [-0.1, -0.05) is 102 Å². The van der Waals surface area contributed by atoms with Crippen LogP contribution in [-0.2, 0) is 11.3 Å². The lowest BCUT2D eigenvalue weighted by atomic mass is 9.76. The lowest BCUT2D eigenvalue weighted by Gasteiger charge is -2.29. The van der Waals surface area contributed by atoms with Gasteiger partial charge in [-0.2, -0.15) is 0 Å². The van der Waals surface area contributed by atoms with Crippen molar-refractivity contribution in [2.45, 2.75) is 136 Å². The van der Waals surface area contributed by atoms with E-state index in [2.05, 4.69) is 56.2 Å². The smallest absolute Gasteiger partial charge is 0.116 e. The summed E-state index contributed by atoms with van der Waals surface area (Å²) in [5, 5.41) is 0. The molecule has 3 nitrogen and oxygen atoms in total. The molecule has 1 unspecified atom stereocenters. The van der Waals surface area contributed by atoms with E-state index < -0.39 is 0 Å². The molecule has 1 aliphatic rings. The van der Waals surface area contributed by atoms with E-state index in [1.54, 1.807) is 6.33 Å². The van der Waals surface area contributed by atoms with Crippen LogP contribution in [0, 0.1) is 5.92 Å². The predicted molar refractivity (Wildman–Crippen MR) is 149 cm³/mol. The molecule has 1 fully saturated rings. The molecule has 0 saturated heterocycles. The Bertz CT molecular complexity index is 828. The molecule has 0 amide bonds. The highest BCUT2D eigenvalue weighted by Gasteiger charge is 2.25. The Kier molecular flexibility index (Phi) is 12.8. The van der Waals surface area contributed by atoms with Crippen molar-refractivity contribution in [2.75, 3.05) is 0 Å². The van der Waals surface area contributed by atoms with Crippen molar-refractivity contribution in [3.8, 4) is 11.3 Å². The van der Waals surface area contributed by atoms with Crippen LogP contribution in [0.15, 0.2) is 36.8 Å². The fourth-order valence-corrected chi connectivity index (χ4v) is 5.71. The minimum atomic E-state index is 0.294. The maximum absolute atomic E-state index is 6.29. The van der Waals surface area contributed by atoms with Crippen LogP contribution in [0.25, 0.3) is 11.3 Å². The van der Waals surface area contributed by atoms with Crippen LogP contribution < -0.4 is 0 Å². The van der Waals surface area contributed by atoms with Crippen molar-refractivity contribution in [3.63, 3.8) is 0 Å². The zero-order chi connectivity index (χ0) is 24.7. The van der Waals surface area contributed by atoms with Crippen LogP contribution in [0.4, 0.5) is 0 Å². The SMILES string of the molecule is CCCCCCCC1CCC(c2cncnc2-c2ccccc2COC(C)CCCCCC)CC1. The van der Waals surface area contributed by atoms with Gasteiger partial charge in [0.15, 0.2) is 0 Å². The number of nitrogens with zero attached hydrogens (tertiary/aromatic N) is 2. The fourth-order valence-electron chi connectivity index (χ4n) is 5.71. The minimum Gasteiger partial charge on any atom is -0.374 e. The summed E-state index contributed by atoms with van der Waals surface area (Å²) >= 11 is 0. The summed E-state index contributed by atoms with van der Waals surface area (Å²) in [6.07, 6.45) is 24.1. The van der Waals surface area contributed by atoms with Gasteiger partial charge in [-0.15, -0.1) is 0 Å². The average Bonchev–Trinajstić information content (AvgIpc) is 2.90. The van der Waals surface area contributed by atoms with Crippen LogP contribution in [0.1, 0.15) is 134 Å². The van der Waals surface area contributed by atoms with Gasteiger partial charge >= 0.3 is 0 Å². The van der Waals surface area contributed by atoms with E-state index in [9.17, 15) is 0 Å². The van der Waals surface area contributed by atoms with Gasteiger partial charge in [0.1, 0.15) is 6.33 Å². The molecule has 2 aromatic rings. The fraction of sp³-hybridized carbons (Fsp3) is 0.688. The second-order valence-corrected chi connectivity index (χ2v) is 10.9. The summed E-state index contributed by atoms with van der Waals surface area (Å²) in [5.74, 6) is 1.49. The third-order valence-corrected chi connectivity index (χ3v) is 8.00.